The summed E-state index contributed by atoms with van der Waals surface area (Å²) in [6, 6.07) is 17.7. The summed E-state index contributed by atoms with van der Waals surface area (Å²) in [6.45, 7) is 2.14. The van der Waals surface area contributed by atoms with Gasteiger partial charge in [0.15, 0.2) is 0 Å². The van der Waals surface area contributed by atoms with Gasteiger partial charge in [-0.05, 0) is 30.0 Å². The van der Waals surface area contributed by atoms with Crippen molar-refractivity contribution in [3.8, 4) is 0 Å². The van der Waals surface area contributed by atoms with Gasteiger partial charge in [0.1, 0.15) is 0 Å². The number of ether oxygens (including phenoxy) is 1. The number of carbonyl (C=O) groups is 2. The Kier molecular flexibility index (Phi) is 6.09. The molecule has 2 unspecified atom stereocenters. The Bertz CT molecular complexity index is 778. The second kappa shape index (κ2) is 8.49. The fourth-order valence-electron chi connectivity index (χ4n) is 3.67. The number of nitrogens with zero attached hydrogens (tertiary/aromatic N) is 1. The van der Waals surface area contributed by atoms with Crippen LogP contribution in [0.25, 0.3) is 0 Å². The Labute approximate surface area is 162 Å². The van der Waals surface area contributed by atoms with E-state index >= 15 is 0 Å². The second-order valence-corrected chi connectivity index (χ2v) is 6.87. The van der Waals surface area contributed by atoms with Gasteiger partial charge < -0.3 is 9.64 Å². The maximum absolute atomic E-state index is 12.8. The highest BCUT2D eigenvalue weighted by Gasteiger charge is 2.38. The number of carbonyl (C=O) groups excluding carboxylic acids is 2. The minimum atomic E-state index is -0.268. The molecule has 1 aliphatic rings. The molecule has 0 spiro atoms. The van der Waals surface area contributed by atoms with Gasteiger partial charge in [-0.25, -0.2) is 0 Å². The van der Waals surface area contributed by atoms with Gasteiger partial charge in [0.25, 0.3) is 0 Å². The van der Waals surface area contributed by atoms with Crippen molar-refractivity contribution in [2.24, 2.45) is 0 Å². The molecule has 0 aromatic heterocycles. The molecule has 0 bridgehead atoms. The summed E-state index contributed by atoms with van der Waals surface area (Å²) >= 11 is 3.31. The van der Waals surface area contributed by atoms with Crippen molar-refractivity contribution in [1.82, 2.24) is 4.90 Å². The first-order valence-electron chi connectivity index (χ1n) is 8.81. The van der Waals surface area contributed by atoms with Gasteiger partial charge in [-0.1, -0.05) is 70.5 Å². The largest absolute Gasteiger partial charge is 0.466 e. The summed E-state index contributed by atoms with van der Waals surface area (Å²) in [4.78, 5) is 26.8. The van der Waals surface area contributed by atoms with Gasteiger partial charge in [0, 0.05) is 6.04 Å². The zero-order valence-electron chi connectivity index (χ0n) is 14.7. The average molecular weight is 416 g/mol. The first-order valence-corrected chi connectivity index (χ1v) is 9.93. The van der Waals surface area contributed by atoms with Crippen molar-refractivity contribution < 1.29 is 14.3 Å². The van der Waals surface area contributed by atoms with Gasteiger partial charge in [-0.2, -0.15) is 0 Å². The third-order valence-corrected chi connectivity index (χ3v) is 5.18. The molecule has 1 amide bonds. The van der Waals surface area contributed by atoms with Crippen molar-refractivity contribution in [3.05, 3.63) is 71.3 Å². The molecule has 136 valence electrons. The lowest BCUT2D eigenvalue weighted by atomic mass is 9.83. The summed E-state index contributed by atoms with van der Waals surface area (Å²) in [5, 5.41) is 0.220. The number of amides is 1. The molecule has 0 radical (unpaired) electrons. The molecular formula is C21H22BrNO3. The van der Waals surface area contributed by atoms with Crippen LogP contribution in [0.4, 0.5) is 0 Å². The predicted molar refractivity (Wildman–Crippen MR) is 104 cm³/mol. The van der Waals surface area contributed by atoms with Crippen molar-refractivity contribution in [2.45, 2.75) is 31.8 Å². The van der Waals surface area contributed by atoms with Crippen LogP contribution in [0, 0.1) is 0 Å². The lowest BCUT2D eigenvalue weighted by Crippen LogP contribution is -2.49. The molecule has 4 nitrogen and oxygen atoms in total. The smallest absolute Gasteiger partial charge is 0.307 e. The molecule has 3 rings (SSSR count). The molecule has 1 heterocycles. The van der Waals surface area contributed by atoms with Crippen LogP contribution in [-0.2, 0) is 20.7 Å². The second-order valence-electron chi connectivity index (χ2n) is 6.31. The molecule has 2 aromatic rings. The Morgan fingerprint density at radius 2 is 1.81 bits per heavy atom. The highest BCUT2D eigenvalue weighted by Crippen LogP contribution is 2.39. The monoisotopic (exact) mass is 415 g/mol. The number of rotatable bonds is 5. The van der Waals surface area contributed by atoms with Crippen LogP contribution in [0.5, 0.6) is 0 Å². The first kappa shape index (κ1) is 18.6. The third kappa shape index (κ3) is 3.83. The van der Waals surface area contributed by atoms with Crippen LogP contribution in [0.1, 0.15) is 36.1 Å². The number of alkyl halides is 1. The Morgan fingerprint density at radius 3 is 2.50 bits per heavy atom. The quantitative estimate of drug-likeness (QED) is 0.549. The maximum Gasteiger partial charge on any atom is 0.307 e. The molecule has 2 aromatic carbocycles. The highest BCUT2D eigenvalue weighted by atomic mass is 79.9. The molecular weight excluding hydrogens is 394 g/mol. The van der Waals surface area contributed by atoms with Crippen LogP contribution in [0.3, 0.4) is 0 Å². The summed E-state index contributed by atoms with van der Waals surface area (Å²) in [7, 11) is 0. The van der Waals surface area contributed by atoms with Crippen molar-refractivity contribution in [3.63, 3.8) is 0 Å². The average Bonchev–Trinajstić information content (AvgIpc) is 2.67. The minimum Gasteiger partial charge on any atom is -0.466 e. The summed E-state index contributed by atoms with van der Waals surface area (Å²) in [5.74, 6) is -0.293. The van der Waals surface area contributed by atoms with Gasteiger partial charge in [0.05, 0.1) is 24.4 Å². The molecule has 5 heteroatoms. The van der Waals surface area contributed by atoms with Crippen LogP contribution in [-0.4, -0.2) is 34.8 Å². The molecule has 0 aliphatic carbocycles. The van der Waals surface area contributed by atoms with Crippen LogP contribution < -0.4 is 0 Å². The third-order valence-electron chi connectivity index (χ3n) is 4.70. The van der Waals surface area contributed by atoms with Gasteiger partial charge >= 0.3 is 5.97 Å². The van der Waals surface area contributed by atoms with Gasteiger partial charge in [-0.3, -0.25) is 9.59 Å². The van der Waals surface area contributed by atoms with E-state index in [-0.39, 0.29) is 35.7 Å². The molecule has 0 saturated carbocycles. The van der Waals surface area contributed by atoms with E-state index in [1.807, 2.05) is 47.4 Å². The summed E-state index contributed by atoms with van der Waals surface area (Å²) in [6.07, 6.45) is 0.849. The maximum atomic E-state index is 12.8. The van der Waals surface area contributed by atoms with E-state index in [4.69, 9.17) is 4.74 Å². The standard InChI is InChI=1S/C21H22BrNO3/c1-2-26-20(25)13-17-12-16-10-6-7-11-18(16)21(23(17)19(24)14-22)15-8-4-3-5-9-15/h3-11,17,21H,2,12-14H2,1H3. The van der Waals surface area contributed by atoms with E-state index in [2.05, 4.69) is 28.1 Å². The fraction of sp³-hybridized carbons (Fsp3) is 0.333. The van der Waals surface area contributed by atoms with Crippen LogP contribution in [0.15, 0.2) is 54.6 Å². The highest BCUT2D eigenvalue weighted by molar-refractivity contribution is 9.09. The first-order chi connectivity index (χ1) is 12.7. The predicted octanol–water partition coefficient (Wildman–Crippen LogP) is 3.88. The number of fused-ring (bicyclic) bond motifs is 1. The van der Waals surface area contributed by atoms with Gasteiger partial charge in [-0.15, -0.1) is 0 Å². The Hall–Kier alpha value is -2.14. The zero-order valence-corrected chi connectivity index (χ0v) is 16.3. The van der Waals surface area contributed by atoms with E-state index in [1.54, 1.807) is 6.92 Å². The molecule has 1 aliphatic heterocycles. The van der Waals surface area contributed by atoms with E-state index in [0.717, 1.165) is 11.1 Å². The van der Waals surface area contributed by atoms with Crippen LogP contribution >= 0.6 is 15.9 Å². The number of halogens is 1. The molecule has 26 heavy (non-hydrogen) atoms. The topological polar surface area (TPSA) is 46.6 Å². The Morgan fingerprint density at radius 1 is 1.12 bits per heavy atom. The van der Waals surface area contributed by atoms with Gasteiger partial charge in [0.2, 0.25) is 5.91 Å². The van der Waals surface area contributed by atoms with E-state index in [0.29, 0.717) is 13.0 Å². The number of esters is 1. The SMILES string of the molecule is CCOC(=O)CC1Cc2ccccc2C(c2ccccc2)N1C(=O)CBr. The normalized spacial score (nSPS) is 18.9. The number of benzene rings is 2. The molecule has 2 atom stereocenters. The lowest BCUT2D eigenvalue weighted by Gasteiger charge is -2.43. The fourth-order valence-corrected chi connectivity index (χ4v) is 3.96. The lowest BCUT2D eigenvalue weighted by molar-refractivity contribution is -0.146. The Balaban J connectivity index is 2.07. The minimum absolute atomic E-state index is 0.0253. The van der Waals surface area contributed by atoms with E-state index < -0.39 is 0 Å². The van der Waals surface area contributed by atoms with Crippen LogP contribution in [0.2, 0.25) is 0 Å². The molecule has 0 N–H and O–H groups in total. The molecule has 0 fully saturated rings. The molecule has 0 saturated heterocycles. The van der Waals surface area contributed by atoms with Crippen molar-refractivity contribution in [2.75, 3.05) is 11.9 Å². The van der Waals surface area contributed by atoms with Crippen molar-refractivity contribution >= 4 is 27.8 Å². The van der Waals surface area contributed by atoms with E-state index in [1.165, 1.54) is 5.56 Å². The summed E-state index contributed by atoms with van der Waals surface area (Å²) in [5.41, 5.74) is 3.34. The van der Waals surface area contributed by atoms with E-state index in [9.17, 15) is 9.59 Å². The number of hydrogen-bond acceptors (Lipinski definition) is 3. The van der Waals surface area contributed by atoms with Crippen molar-refractivity contribution in [1.29, 1.82) is 0 Å². The summed E-state index contributed by atoms with van der Waals surface area (Å²) < 4.78 is 5.15. The zero-order chi connectivity index (χ0) is 18.5. The number of hydrogen-bond donors (Lipinski definition) is 0.